The van der Waals surface area contributed by atoms with Crippen molar-refractivity contribution in [2.75, 3.05) is 44.2 Å². The molecule has 5 N–H and O–H groups in total. The minimum Gasteiger partial charge on any atom is -0.465 e. The van der Waals surface area contributed by atoms with Crippen LogP contribution in [-0.2, 0) is 6.42 Å². The largest absolute Gasteiger partial charge is 0.465 e. The highest BCUT2D eigenvalue weighted by Gasteiger charge is 2.19. The van der Waals surface area contributed by atoms with Crippen LogP contribution in [0.1, 0.15) is 16.7 Å². The number of hydrogen-bond donors (Lipinski definition) is 3. The van der Waals surface area contributed by atoms with Gasteiger partial charge in [-0.05, 0) is 61.2 Å². The molecule has 0 bridgehead atoms. The fraction of sp³-hybridized carbons (Fsp3) is 0.308. The van der Waals surface area contributed by atoms with E-state index in [9.17, 15) is 4.79 Å². The second-order valence-electron chi connectivity index (χ2n) is 8.35. The van der Waals surface area contributed by atoms with Gasteiger partial charge in [0.15, 0.2) is 0 Å². The first-order valence-electron chi connectivity index (χ1n) is 11.2. The topological polar surface area (TPSA) is 109 Å². The Hall–Kier alpha value is -3.58. The normalized spacial score (nSPS) is 13.8. The molecule has 33 heavy (non-hydrogen) atoms. The van der Waals surface area contributed by atoms with Crippen molar-refractivity contribution < 1.29 is 9.90 Å². The summed E-state index contributed by atoms with van der Waals surface area (Å²) < 4.78 is 0. The molecule has 2 aromatic carbocycles. The zero-order valence-corrected chi connectivity index (χ0v) is 19.4. The second-order valence-corrected chi connectivity index (χ2v) is 8.35. The fourth-order valence-corrected chi connectivity index (χ4v) is 3.67. The second kappa shape index (κ2) is 11.3. The molecule has 0 spiro atoms. The Kier molecular flexibility index (Phi) is 8.27. The van der Waals surface area contributed by atoms with Gasteiger partial charge < -0.3 is 21.5 Å². The first-order chi connectivity index (χ1) is 15.8. The molecule has 1 aromatic heterocycles. The molecule has 2 heterocycles. The van der Waals surface area contributed by atoms with E-state index in [1.54, 1.807) is 6.07 Å². The summed E-state index contributed by atoms with van der Waals surface area (Å²) in [6.45, 7) is 7.88. The molecule has 3 aromatic rings. The number of carbonyl (C=O) groups is 1. The number of hydrogen-bond acceptors (Lipinski definition) is 5. The molecule has 1 aliphatic heterocycles. The summed E-state index contributed by atoms with van der Waals surface area (Å²) in [5, 5.41) is 8.96. The van der Waals surface area contributed by atoms with E-state index in [2.05, 4.69) is 48.0 Å². The molecule has 1 saturated heterocycles. The number of nitrogen functional groups attached to an aromatic ring is 2. The van der Waals surface area contributed by atoms with Crippen LogP contribution in [0.3, 0.4) is 0 Å². The number of anilines is 2. The number of nitrogens with zero attached hydrogens (tertiary/aromatic N) is 3. The van der Waals surface area contributed by atoms with Crippen molar-refractivity contribution in [3.05, 3.63) is 77.4 Å². The lowest BCUT2D eigenvalue weighted by Crippen LogP contribution is -2.48. The van der Waals surface area contributed by atoms with Crippen LogP contribution >= 0.6 is 0 Å². The van der Waals surface area contributed by atoms with E-state index >= 15 is 0 Å². The van der Waals surface area contributed by atoms with Crippen LogP contribution < -0.4 is 11.5 Å². The smallest absolute Gasteiger partial charge is 0.407 e. The molecule has 0 aliphatic carbocycles. The van der Waals surface area contributed by atoms with Gasteiger partial charge in [-0.15, -0.1) is 0 Å². The maximum atomic E-state index is 10.9. The molecule has 174 valence electrons. The summed E-state index contributed by atoms with van der Waals surface area (Å²) in [7, 11) is 0. The maximum Gasteiger partial charge on any atom is 0.407 e. The predicted molar refractivity (Wildman–Crippen MR) is 134 cm³/mol. The quantitative estimate of drug-likeness (QED) is 0.521. The van der Waals surface area contributed by atoms with Crippen LogP contribution in [-0.4, -0.2) is 58.7 Å². The standard InChI is InChI=1S/C18H22N4O2.C8H11N/c19-17-3-1-2-16(20-17)15-6-4-14(5-7-15)8-9-21-10-12-22(13-11-21)18(23)24;1-6-3-4-8(9)5-7(6)2/h1-7H,8-13H2,(H2,19,20)(H,23,24);3-5H,9H2,1-2H3. The van der Waals surface area contributed by atoms with E-state index in [1.807, 2.05) is 30.3 Å². The Bertz CT molecular complexity index is 1060. The monoisotopic (exact) mass is 447 g/mol. The van der Waals surface area contributed by atoms with Crippen molar-refractivity contribution in [1.29, 1.82) is 0 Å². The van der Waals surface area contributed by atoms with Crippen molar-refractivity contribution in [2.24, 2.45) is 0 Å². The Morgan fingerprint density at radius 1 is 0.939 bits per heavy atom. The van der Waals surface area contributed by atoms with Crippen molar-refractivity contribution in [1.82, 2.24) is 14.8 Å². The number of rotatable bonds is 4. The Morgan fingerprint density at radius 3 is 2.21 bits per heavy atom. The molecule has 7 nitrogen and oxygen atoms in total. The Morgan fingerprint density at radius 2 is 1.64 bits per heavy atom. The van der Waals surface area contributed by atoms with Crippen LogP contribution in [0.15, 0.2) is 60.7 Å². The van der Waals surface area contributed by atoms with Gasteiger partial charge in [0.1, 0.15) is 5.82 Å². The third-order valence-corrected chi connectivity index (χ3v) is 5.91. The minimum absolute atomic E-state index is 0.525. The average Bonchev–Trinajstić information content (AvgIpc) is 2.81. The number of aryl methyl sites for hydroxylation is 2. The molecule has 1 amide bonds. The van der Waals surface area contributed by atoms with Crippen LogP contribution in [0.2, 0.25) is 0 Å². The summed E-state index contributed by atoms with van der Waals surface area (Å²) in [6.07, 6.45) is 0.137. The van der Waals surface area contributed by atoms with Gasteiger partial charge in [0.25, 0.3) is 0 Å². The van der Waals surface area contributed by atoms with Crippen molar-refractivity contribution in [3.63, 3.8) is 0 Å². The number of piperazine rings is 1. The minimum atomic E-state index is -0.819. The highest BCUT2D eigenvalue weighted by Crippen LogP contribution is 2.19. The van der Waals surface area contributed by atoms with Crippen LogP contribution in [0, 0.1) is 13.8 Å². The molecule has 0 saturated carbocycles. The molecule has 1 fully saturated rings. The molecule has 1 aliphatic rings. The lowest BCUT2D eigenvalue weighted by molar-refractivity contribution is 0.106. The highest BCUT2D eigenvalue weighted by molar-refractivity contribution is 5.65. The summed E-state index contributed by atoms with van der Waals surface area (Å²) in [4.78, 5) is 19.0. The summed E-state index contributed by atoms with van der Waals surface area (Å²) >= 11 is 0. The fourth-order valence-electron chi connectivity index (χ4n) is 3.67. The van der Waals surface area contributed by atoms with Crippen molar-refractivity contribution >= 4 is 17.6 Å². The number of amides is 1. The molecule has 4 rings (SSSR count). The highest BCUT2D eigenvalue weighted by atomic mass is 16.4. The van der Waals surface area contributed by atoms with E-state index in [-0.39, 0.29) is 0 Å². The van der Waals surface area contributed by atoms with Gasteiger partial charge in [0.2, 0.25) is 0 Å². The van der Waals surface area contributed by atoms with Crippen molar-refractivity contribution in [3.8, 4) is 11.3 Å². The third kappa shape index (κ3) is 7.22. The van der Waals surface area contributed by atoms with Gasteiger partial charge in [-0.3, -0.25) is 4.90 Å². The Labute approximate surface area is 195 Å². The van der Waals surface area contributed by atoms with Crippen LogP contribution in [0.5, 0.6) is 0 Å². The first kappa shape index (κ1) is 24.1. The Balaban J connectivity index is 0.000000286. The molecule has 0 atom stereocenters. The SMILES string of the molecule is Cc1ccc(N)cc1C.Nc1cccc(-c2ccc(CCN3CCN(C(=O)O)CC3)cc2)n1. The first-order valence-corrected chi connectivity index (χ1v) is 11.2. The lowest BCUT2D eigenvalue weighted by atomic mass is 10.1. The summed E-state index contributed by atoms with van der Waals surface area (Å²) in [5.41, 5.74) is 17.9. The van der Waals surface area contributed by atoms with E-state index in [0.29, 0.717) is 18.9 Å². The van der Waals surface area contributed by atoms with Crippen LogP contribution in [0.4, 0.5) is 16.3 Å². The van der Waals surface area contributed by atoms with E-state index in [4.69, 9.17) is 16.6 Å². The number of aromatic nitrogens is 1. The van der Waals surface area contributed by atoms with Gasteiger partial charge in [0, 0.05) is 44.0 Å². The van der Waals surface area contributed by atoms with Gasteiger partial charge in [-0.2, -0.15) is 0 Å². The molecular formula is C26H33N5O2. The summed E-state index contributed by atoms with van der Waals surface area (Å²) in [5.74, 6) is 0.525. The lowest BCUT2D eigenvalue weighted by Gasteiger charge is -2.33. The number of nitrogens with two attached hydrogens (primary N) is 2. The zero-order chi connectivity index (χ0) is 23.8. The molecular weight excluding hydrogens is 414 g/mol. The number of benzene rings is 2. The zero-order valence-electron chi connectivity index (χ0n) is 19.4. The van der Waals surface area contributed by atoms with E-state index in [1.165, 1.54) is 21.6 Å². The summed E-state index contributed by atoms with van der Waals surface area (Å²) in [6, 6.07) is 19.9. The average molecular weight is 448 g/mol. The maximum absolute atomic E-state index is 10.9. The third-order valence-electron chi connectivity index (χ3n) is 5.91. The van der Waals surface area contributed by atoms with E-state index in [0.717, 1.165) is 43.0 Å². The number of pyridine rings is 1. The number of carboxylic acid groups (broad SMARTS) is 1. The van der Waals surface area contributed by atoms with Crippen molar-refractivity contribution in [2.45, 2.75) is 20.3 Å². The van der Waals surface area contributed by atoms with Gasteiger partial charge in [0.05, 0.1) is 5.69 Å². The van der Waals surface area contributed by atoms with Gasteiger partial charge >= 0.3 is 6.09 Å². The van der Waals surface area contributed by atoms with E-state index < -0.39 is 6.09 Å². The molecule has 7 heteroatoms. The van der Waals surface area contributed by atoms with Crippen LogP contribution in [0.25, 0.3) is 11.3 Å². The van der Waals surface area contributed by atoms with Gasteiger partial charge in [-0.25, -0.2) is 9.78 Å². The molecule has 0 radical (unpaired) electrons. The molecule has 0 unspecified atom stereocenters. The van der Waals surface area contributed by atoms with Gasteiger partial charge in [-0.1, -0.05) is 36.4 Å². The predicted octanol–water partition coefficient (Wildman–Crippen LogP) is 4.05.